The summed E-state index contributed by atoms with van der Waals surface area (Å²) >= 11 is 0. The number of hydrogen-bond donors (Lipinski definition) is 1. The zero-order chi connectivity index (χ0) is 37.0. The maximum atomic E-state index is 12.2. The molecule has 2 aromatic carbocycles. The summed E-state index contributed by atoms with van der Waals surface area (Å²) < 4.78 is 0. The Labute approximate surface area is 302 Å². The van der Waals surface area contributed by atoms with Gasteiger partial charge in [-0.1, -0.05) is 107 Å². The number of rotatable bonds is 6. The van der Waals surface area contributed by atoms with Crippen LogP contribution in [0.5, 0.6) is 0 Å². The Bertz CT molecular complexity index is 2470. The fourth-order valence-corrected chi connectivity index (χ4v) is 19.2. The minimum absolute atomic E-state index is 0.257. The molecule has 0 aliphatic carbocycles. The molecule has 0 amide bonds. The molecule has 6 rings (SSSR count). The van der Waals surface area contributed by atoms with E-state index in [1.165, 1.54) is 6.07 Å². The summed E-state index contributed by atoms with van der Waals surface area (Å²) in [4.78, 5) is 45.4. The molecule has 0 saturated carbocycles. The van der Waals surface area contributed by atoms with Crippen LogP contribution in [0.4, 0.5) is 0 Å². The highest BCUT2D eigenvalue weighted by Crippen LogP contribution is 2.42. The Balaban J connectivity index is 1.86. The van der Waals surface area contributed by atoms with Gasteiger partial charge in [-0.15, -0.1) is 11.1 Å². The van der Waals surface area contributed by atoms with Gasteiger partial charge in [0.1, 0.15) is 43.7 Å². The molecule has 6 aromatic rings. The monoisotopic (exact) mass is 711 g/mol. The Morgan fingerprint density at radius 1 is 0.490 bits per heavy atom. The predicted molar refractivity (Wildman–Crippen MR) is 217 cm³/mol. The van der Waals surface area contributed by atoms with E-state index in [2.05, 4.69) is 111 Å². The standard InChI is InChI=1S/C41H49N7OSi2/c1-23(2)50(24(3)4,25(5)6)21-19-29-35-36(43-32-16-14-13-15-31(32)42-35)30(20-22-51(26(7)8,27(9)10)28(11)12)38-37(29)46-40-41(47-38)48-39-33(44-40)17-18-34(49)45-39/h13-18,23-28H,1-12H3,(H,45,47,48,49). The van der Waals surface area contributed by atoms with E-state index in [0.717, 1.165) is 11.0 Å². The lowest BCUT2D eigenvalue weighted by Gasteiger charge is -2.38. The minimum Gasteiger partial charge on any atom is -0.305 e. The number of aromatic amines is 1. The summed E-state index contributed by atoms with van der Waals surface area (Å²) in [6.07, 6.45) is 0. The molecule has 1 N–H and O–H groups in total. The van der Waals surface area contributed by atoms with Crippen molar-refractivity contribution in [3.8, 4) is 22.9 Å². The lowest BCUT2D eigenvalue weighted by atomic mass is 10.0. The van der Waals surface area contributed by atoms with Crippen molar-refractivity contribution in [2.24, 2.45) is 0 Å². The van der Waals surface area contributed by atoms with Crippen LogP contribution in [0.25, 0.3) is 55.6 Å². The lowest BCUT2D eigenvalue weighted by molar-refractivity contribution is 0.838. The van der Waals surface area contributed by atoms with Crippen molar-refractivity contribution < 1.29 is 0 Å². The molecule has 4 aromatic heterocycles. The molecule has 0 fully saturated rings. The van der Waals surface area contributed by atoms with E-state index in [1.54, 1.807) is 6.07 Å². The molecule has 51 heavy (non-hydrogen) atoms. The zero-order valence-corrected chi connectivity index (χ0v) is 34.0. The van der Waals surface area contributed by atoms with Crippen LogP contribution in [-0.2, 0) is 0 Å². The van der Waals surface area contributed by atoms with Crippen molar-refractivity contribution >= 4 is 71.7 Å². The third-order valence-corrected chi connectivity index (χ3v) is 23.8. The third kappa shape index (κ3) is 6.02. The number of benzene rings is 2. The molecular formula is C41H49N7OSi2. The fourth-order valence-electron chi connectivity index (χ4n) is 8.79. The molecule has 4 heterocycles. The van der Waals surface area contributed by atoms with Crippen molar-refractivity contribution in [2.75, 3.05) is 0 Å². The van der Waals surface area contributed by atoms with Crippen molar-refractivity contribution in [1.29, 1.82) is 0 Å². The van der Waals surface area contributed by atoms with Gasteiger partial charge in [-0.2, -0.15) is 0 Å². The Kier molecular flexibility index (Phi) is 9.64. The molecule has 0 bridgehead atoms. The number of fused-ring (bicyclic) bond motifs is 5. The van der Waals surface area contributed by atoms with E-state index < -0.39 is 16.1 Å². The number of nitrogens with one attached hydrogen (secondary N) is 1. The fraction of sp³-hybridized carbons (Fsp3) is 0.439. The number of aromatic nitrogens is 7. The van der Waals surface area contributed by atoms with Gasteiger partial charge in [0.05, 0.1) is 22.2 Å². The van der Waals surface area contributed by atoms with E-state index in [-0.39, 0.29) is 5.56 Å². The van der Waals surface area contributed by atoms with Crippen molar-refractivity contribution in [2.45, 2.75) is 116 Å². The maximum absolute atomic E-state index is 12.2. The van der Waals surface area contributed by atoms with Crippen molar-refractivity contribution in [1.82, 2.24) is 34.9 Å². The van der Waals surface area contributed by atoms with Gasteiger partial charge in [-0.05, 0) is 51.4 Å². The van der Waals surface area contributed by atoms with Crippen LogP contribution >= 0.6 is 0 Å². The van der Waals surface area contributed by atoms with E-state index in [4.69, 9.17) is 29.9 Å². The summed E-state index contributed by atoms with van der Waals surface area (Å²) in [5.41, 5.74) is 17.2. The first kappa shape index (κ1) is 36.3. The average molecular weight is 712 g/mol. The average Bonchev–Trinajstić information content (AvgIpc) is 3.05. The van der Waals surface area contributed by atoms with Crippen LogP contribution in [0.1, 0.15) is 94.2 Å². The highest BCUT2D eigenvalue weighted by atomic mass is 28.3. The summed E-state index contributed by atoms with van der Waals surface area (Å²) in [6, 6.07) is 11.0. The zero-order valence-electron chi connectivity index (χ0n) is 32.0. The summed E-state index contributed by atoms with van der Waals surface area (Å²) in [5.74, 6) is 7.42. The molecule has 0 aliphatic heterocycles. The molecule has 0 saturated heterocycles. The SMILES string of the molecule is CC(C)[Si](C#Cc1c2nc3ccccc3nc2c(C#C[Si](C(C)C)(C(C)C)C(C)C)c2nc3nc4[nH]c(=O)ccc4nc3nc12)(C(C)C)C(C)C. The normalized spacial score (nSPS) is 12.7. The molecule has 0 aliphatic rings. The predicted octanol–water partition coefficient (Wildman–Crippen LogP) is 9.65. The van der Waals surface area contributed by atoms with E-state index in [0.29, 0.717) is 88.9 Å². The molecular weight excluding hydrogens is 663 g/mol. The Hall–Kier alpha value is -4.52. The van der Waals surface area contributed by atoms with Gasteiger partial charge in [0.15, 0.2) is 11.3 Å². The Morgan fingerprint density at radius 2 is 0.882 bits per heavy atom. The summed E-state index contributed by atoms with van der Waals surface area (Å²) in [7, 11) is -4.34. The van der Waals surface area contributed by atoms with Crippen LogP contribution in [0.2, 0.25) is 33.2 Å². The molecule has 0 spiro atoms. The maximum Gasteiger partial charge on any atom is 0.249 e. The van der Waals surface area contributed by atoms with Crippen molar-refractivity contribution in [3.63, 3.8) is 0 Å². The molecule has 8 nitrogen and oxygen atoms in total. The molecule has 0 radical (unpaired) electrons. The minimum atomic E-state index is -2.17. The van der Waals surface area contributed by atoms with E-state index >= 15 is 0 Å². The quantitative estimate of drug-likeness (QED) is 0.104. The van der Waals surface area contributed by atoms with E-state index in [9.17, 15) is 4.79 Å². The summed E-state index contributed by atoms with van der Waals surface area (Å²) in [5, 5.41) is 0. The number of nitrogens with zero attached hydrogens (tertiary/aromatic N) is 6. The van der Waals surface area contributed by atoms with Crippen molar-refractivity contribution in [3.05, 3.63) is 57.9 Å². The van der Waals surface area contributed by atoms with Gasteiger partial charge in [0, 0.05) is 6.07 Å². The van der Waals surface area contributed by atoms with Gasteiger partial charge in [0.2, 0.25) is 11.2 Å². The second-order valence-electron chi connectivity index (χ2n) is 15.8. The third-order valence-electron chi connectivity index (χ3n) is 11.2. The highest BCUT2D eigenvalue weighted by molar-refractivity contribution is 6.91. The van der Waals surface area contributed by atoms with Crippen LogP contribution in [0, 0.1) is 22.9 Å². The topological polar surface area (TPSA) is 110 Å². The van der Waals surface area contributed by atoms with Gasteiger partial charge < -0.3 is 4.98 Å². The lowest BCUT2D eigenvalue weighted by Crippen LogP contribution is -2.43. The van der Waals surface area contributed by atoms with Gasteiger partial charge >= 0.3 is 0 Å². The summed E-state index contributed by atoms with van der Waals surface area (Å²) in [6.45, 7) is 27.8. The number of hydrogen-bond acceptors (Lipinski definition) is 7. The first-order valence-electron chi connectivity index (χ1n) is 18.3. The van der Waals surface area contributed by atoms with Gasteiger partial charge in [-0.3, -0.25) is 4.79 Å². The second kappa shape index (κ2) is 13.6. The van der Waals surface area contributed by atoms with E-state index in [1.807, 2.05) is 24.3 Å². The van der Waals surface area contributed by atoms with Gasteiger partial charge in [-0.25, -0.2) is 29.9 Å². The van der Waals surface area contributed by atoms with Gasteiger partial charge in [0.25, 0.3) is 0 Å². The molecule has 262 valence electrons. The smallest absolute Gasteiger partial charge is 0.249 e. The van der Waals surface area contributed by atoms with Crippen LogP contribution in [-0.4, -0.2) is 51.0 Å². The van der Waals surface area contributed by atoms with Crippen LogP contribution in [0.15, 0.2) is 41.2 Å². The molecule has 0 unspecified atom stereocenters. The number of para-hydroxylation sites is 2. The number of pyridine rings is 1. The first-order valence-corrected chi connectivity index (χ1v) is 22.7. The first-order chi connectivity index (χ1) is 24.1. The Morgan fingerprint density at radius 3 is 1.29 bits per heavy atom. The molecule has 10 heteroatoms. The molecule has 0 atom stereocenters. The highest BCUT2D eigenvalue weighted by Gasteiger charge is 2.43. The van der Waals surface area contributed by atoms with Crippen LogP contribution < -0.4 is 5.56 Å². The largest absolute Gasteiger partial charge is 0.305 e. The van der Waals surface area contributed by atoms with Crippen LogP contribution in [0.3, 0.4) is 0 Å². The second-order valence-corrected chi connectivity index (χ2v) is 27.0. The number of H-pyrrole nitrogens is 1.